The number of urea groups is 1. The van der Waals surface area contributed by atoms with E-state index in [2.05, 4.69) is 0 Å². The minimum atomic E-state index is -0.659. The number of ether oxygens (including phenoxy) is 2. The first-order valence-electron chi connectivity index (χ1n) is 9.05. The highest BCUT2D eigenvalue weighted by molar-refractivity contribution is 6.30. The van der Waals surface area contributed by atoms with E-state index in [-0.39, 0.29) is 11.7 Å². The van der Waals surface area contributed by atoms with Gasteiger partial charge in [-0.1, -0.05) is 36.4 Å². The Labute approximate surface area is 169 Å². The Morgan fingerprint density at radius 2 is 1.52 bits per heavy atom. The maximum absolute atomic E-state index is 12.4. The molecular formula is C22H22N2O5. The van der Waals surface area contributed by atoms with Crippen LogP contribution in [0.25, 0.3) is 6.08 Å². The molecule has 1 aliphatic rings. The predicted octanol–water partition coefficient (Wildman–Crippen LogP) is 3.27. The maximum atomic E-state index is 12.4. The van der Waals surface area contributed by atoms with Gasteiger partial charge in [0.1, 0.15) is 11.7 Å². The van der Waals surface area contributed by atoms with Crippen molar-refractivity contribution in [1.82, 2.24) is 9.80 Å². The summed E-state index contributed by atoms with van der Waals surface area (Å²) in [6, 6.07) is 14.2. The number of likely N-dealkylation sites (N-methyl/N-ethyl adjacent to an activating group) is 2. The van der Waals surface area contributed by atoms with Crippen molar-refractivity contribution in [2.24, 2.45) is 0 Å². The molecule has 0 saturated carbocycles. The van der Waals surface area contributed by atoms with E-state index in [0.29, 0.717) is 17.1 Å². The summed E-state index contributed by atoms with van der Waals surface area (Å²) in [5, 5.41) is 0. The second-order valence-corrected chi connectivity index (χ2v) is 6.65. The molecule has 150 valence electrons. The molecule has 0 spiro atoms. The molecule has 2 aromatic carbocycles. The highest BCUT2D eigenvalue weighted by atomic mass is 16.5. The number of nitrogens with zero attached hydrogens (tertiary/aromatic N) is 2. The van der Waals surface area contributed by atoms with Crippen molar-refractivity contribution >= 4 is 23.9 Å². The minimum absolute atomic E-state index is 0.0945. The Morgan fingerprint density at radius 1 is 0.897 bits per heavy atom. The summed E-state index contributed by atoms with van der Waals surface area (Å²) in [7, 11) is 4.19. The lowest BCUT2D eigenvalue weighted by Crippen LogP contribution is -2.52. The van der Waals surface area contributed by atoms with Gasteiger partial charge in [-0.05, 0) is 36.3 Å². The first-order valence-corrected chi connectivity index (χ1v) is 9.05. The molecule has 3 rings (SSSR count). The zero-order chi connectivity index (χ0) is 21.1. The standard InChI is InChI=1S/C22H22N2O5/c1-14(16-8-6-5-7-9-16)29-18-11-10-15(13-19(18)28-4)12-17-20(25)23(2)22(27)24(3)21(17)26/h5-14H,1-4H3/t14-/m0/s1. The molecule has 0 bridgehead atoms. The molecule has 7 nitrogen and oxygen atoms in total. The van der Waals surface area contributed by atoms with Crippen molar-refractivity contribution in [3.05, 3.63) is 65.2 Å². The second-order valence-electron chi connectivity index (χ2n) is 6.65. The van der Waals surface area contributed by atoms with Crippen molar-refractivity contribution in [1.29, 1.82) is 0 Å². The Balaban J connectivity index is 1.89. The van der Waals surface area contributed by atoms with Crippen LogP contribution in [-0.2, 0) is 9.59 Å². The Kier molecular flexibility index (Phi) is 5.68. The zero-order valence-corrected chi connectivity index (χ0v) is 16.7. The summed E-state index contributed by atoms with van der Waals surface area (Å²) in [5.41, 5.74) is 1.51. The van der Waals surface area contributed by atoms with Gasteiger partial charge in [0.2, 0.25) is 0 Å². The van der Waals surface area contributed by atoms with E-state index in [9.17, 15) is 14.4 Å². The first-order chi connectivity index (χ1) is 13.8. The van der Waals surface area contributed by atoms with Gasteiger partial charge in [-0.3, -0.25) is 19.4 Å². The molecular weight excluding hydrogens is 372 g/mol. The number of imide groups is 2. The van der Waals surface area contributed by atoms with Crippen LogP contribution in [0.1, 0.15) is 24.2 Å². The van der Waals surface area contributed by atoms with Gasteiger partial charge < -0.3 is 9.47 Å². The van der Waals surface area contributed by atoms with Crippen LogP contribution in [0.2, 0.25) is 0 Å². The number of benzene rings is 2. The lowest BCUT2D eigenvalue weighted by atomic mass is 10.1. The number of amides is 4. The van der Waals surface area contributed by atoms with Gasteiger partial charge in [0, 0.05) is 14.1 Å². The van der Waals surface area contributed by atoms with E-state index in [1.54, 1.807) is 18.2 Å². The van der Waals surface area contributed by atoms with E-state index in [1.165, 1.54) is 27.3 Å². The Morgan fingerprint density at radius 3 is 2.10 bits per heavy atom. The fourth-order valence-electron chi connectivity index (χ4n) is 3.00. The topological polar surface area (TPSA) is 76.2 Å². The number of hydrogen-bond donors (Lipinski definition) is 0. The van der Waals surface area contributed by atoms with Crippen molar-refractivity contribution < 1.29 is 23.9 Å². The fourth-order valence-corrected chi connectivity index (χ4v) is 3.00. The number of carbonyl (C=O) groups excluding carboxylic acids is 3. The van der Waals surface area contributed by atoms with Crippen LogP contribution >= 0.6 is 0 Å². The molecule has 29 heavy (non-hydrogen) atoms. The average molecular weight is 394 g/mol. The van der Waals surface area contributed by atoms with E-state index >= 15 is 0 Å². The average Bonchev–Trinajstić information content (AvgIpc) is 2.75. The Hall–Kier alpha value is -3.61. The number of carbonyl (C=O) groups is 3. The lowest BCUT2D eigenvalue weighted by molar-refractivity contribution is -0.134. The van der Waals surface area contributed by atoms with E-state index in [1.807, 2.05) is 37.3 Å². The molecule has 1 atom stereocenters. The van der Waals surface area contributed by atoms with Crippen molar-refractivity contribution in [2.45, 2.75) is 13.0 Å². The summed E-state index contributed by atoms with van der Waals surface area (Å²) in [4.78, 5) is 38.4. The zero-order valence-electron chi connectivity index (χ0n) is 16.7. The summed E-state index contributed by atoms with van der Waals surface area (Å²) < 4.78 is 11.4. The van der Waals surface area contributed by atoms with Gasteiger partial charge in [-0.2, -0.15) is 0 Å². The molecule has 2 aromatic rings. The third kappa shape index (κ3) is 3.99. The van der Waals surface area contributed by atoms with E-state index in [4.69, 9.17) is 9.47 Å². The third-order valence-electron chi connectivity index (χ3n) is 4.72. The molecule has 0 radical (unpaired) electrons. The summed E-state index contributed by atoms with van der Waals surface area (Å²) in [5.74, 6) is -0.280. The second kappa shape index (κ2) is 8.18. The van der Waals surface area contributed by atoms with Crippen LogP contribution in [0.4, 0.5) is 4.79 Å². The van der Waals surface area contributed by atoms with Crippen LogP contribution < -0.4 is 9.47 Å². The normalized spacial score (nSPS) is 15.4. The van der Waals surface area contributed by atoms with Crippen molar-refractivity contribution in [3.63, 3.8) is 0 Å². The minimum Gasteiger partial charge on any atom is -0.493 e. The van der Waals surface area contributed by atoms with Crippen LogP contribution in [0.15, 0.2) is 54.1 Å². The summed E-state index contributed by atoms with van der Waals surface area (Å²) in [6.07, 6.45) is 1.25. The molecule has 7 heteroatoms. The van der Waals surface area contributed by atoms with Gasteiger partial charge >= 0.3 is 6.03 Å². The van der Waals surface area contributed by atoms with Crippen molar-refractivity contribution in [2.75, 3.05) is 21.2 Å². The number of methoxy groups -OCH3 is 1. The smallest absolute Gasteiger partial charge is 0.333 e. The number of hydrogen-bond acceptors (Lipinski definition) is 5. The molecule has 0 aromatic heterocycles. The van der Waals surface area contributed by atoms with Crippen LogP contribution in [-0.4, -0.2) is 48.9 Å². The quantitative estimate of drug-likeness (QED) is 0.575. The Bertz CT molecular complexity index is 958. The van der Waals surface area contributed by atoms with Crippen LogP contribution in [0.3, 0.4) is 0 Å². The van der Waals surface area contributed by atoms with Gasteiger partial charge in [-0.15, -0.1) is 0 Å². The molecule has 0 aliphatic carbocycles. The van der Waals surface area contributed by atoms with Gasteiger partial charge in [0.15, 0.2) is 11.5 Å². The lowest BCUT2D eigenvalue weighted by Gasteiger charge is -2.28. The summed E-state index contributed by atoms with van der Waals surface area (Å²) >= 11 is 0. The molecule has 0 N–H and O–H groups in total. The monoisotopic (exact) mass is 394 g/mol. The van der Waals surface area contributed by atoms with Gasteiger partial charge in [-0.25, -0.2) is 4.79 Å². The van der Waals surface area contributed by atoms with Crippen molar-refractivity contribution in [3.8, 4) is 11.5 Å². The van der Waals surface area contributed by atoms with Crippen LogP contribution in [0, 0.1) is 0 Å². The highest BCUT2D eigenvalue weighted by Gasteiger charge is 2.37. The largest absolute Gasteiger partial charge is 0.493 e. The summed E-state index contributed by atoms with van der Waals surface area (Å²) in [6.45, 7) is 1.94. The SMILES string of the molecule is COc1cc(C=C2C(=O)N(C)C(=O)N(C)C2=O)ccc1O[C@@H](C)c1ccccc1. The molecule has 1 heterocycles. The third-order valence-corrected chi connectivity index (χ3v) is 4.72. The molecule has 4 amide bonds. The maximum Gasteiger partial charge on any atom is 0.333 e. The molecule has 1 fully saturated rings. The number of rotatable bonds is 5. The highest BCUT2D eigenvalue weighted by Crippen LogP contribution is 2.33. The van der Waals surface area contributed by atoms with E-state index < -0.39 is 17.8 Å². The molecule has 0 unspecified atom stereocenters. The fraction of sp³-hybridized carbons (Fsp3) is 0.227. The number of barbiturate groups is 1. The first kappa shape index (κ1) is 20.1. The van der Waals surface area contributed by atoms with E-state index in [0.717, 1.165) is 15.4 Å². The molecule has 1 aliphatic heterocycles. The molecule has 1 saturated heterocycles. The van der Waals surface area contributed by atoms with Gasteiger partial charge in [0.25, 0.3) is 11.8 Å². The predicted molar refractivity (Wildman–Crippen MR) is 107 cm³/mol. The van der Waals surface area contributed by atoms with Crippen LogP contribution in [0.5, 0.6) is 11.5 Å². The van der Waals surface area contributed by atoms with Gasteiger partial charge in [0.05, 0.1) is 7.11 Å².